The smallest absolute Gasteiger partial charge is 0.0543 e. The van der Waals surface area contributed by atoms with Crippen LogP contribution in [0.5, 0.6) is 0 Å². The van der Waals surface area contributed by atoms with Crippen LogP contribution in [0.4, 0.5) is 34.1 Å². The Morgan fingerprint density at radius 1 is 0.282 bits per heavy atom. The van der Waals surface area contributed by atoms with Crippen molar-refractivity contribution in [3.05, 3.63) is 223 Å². The molecule has 0 aromatic heterocycles. The average Bonchev–Trinajstić information content (AvgIpc) is 3.78. The van der Waals surface area contributed by atoms with Gasteiger partial charge in [-0.1, -0.05) is 143 Å². The minimum Gasteiger partial charge on any atom is -0.310 e. The maximum absolute atomic E-state index is 2.60. The number of rotatable bonds is 6. The molecule has 0 unspecified atom stereocenters. The SMILES string of the molecule is Cc1ccc(N(c2ccc3c(c2)C(C)(C)c2cc4c(cc2-3)C(C)(C)c2cc3c(cc2-4)C(C)(C)c2cc(N(c4ccc(C)cc4C)c4ccc(C)cc4C)c4ccccc4c2-3)c2ccc(C)cc2C)c(C)c1. The number of benzene rings is 9. The zero-order valence-corrected chi connectivity index (χ0v) is 44.3. The fourth-order valence-corrected chi connectivity index (χ4v) is 13.3. The molecule has 3 aliphatic rings. The van der Waals surface area contributed by atoms with Crippen molar-refractivity contribution in [2.45, 2.75) is 113 Å². The molecular formula is C69H66N2. The van der Waals surface area contributed by atoms with Gasteiger partial charge >= 0.3 is 0 Å². The summed E-state index contributed by atoms with van der Waals surface area (Å²) >= 11 is 0. The molecule has 0 saturated carbocycles. The van der Waals surface area contributed by atoms with Crippen molar-refractivity contribution in [1.82, 2.24) is 0 Å². The van der Waals surface area contributed by atoms with E-state index in [0.29, 0.717) is 0 Å². The Hall–Kier alpha value is -7.16. The summed E-state index contributed by atoms with van der Waals surface area (Å²) in [4.78, 5) is 5.03. The summed E-state index contributed by atoms with van der Waals surface area (Å²) in [5.74, 6) is 0. The maximum atomic E-state index is 2.60. The van der Waals surface area contributed by atoms with E-state index in [9.17, 15) is 0 Å². The molecule has 0 radical (unpaired) electrons. The monoisotopic (exact) mass is 923 g/mol. The molecule has 9 aromatic carbocycles. The van der Waals surface area contributed by atoms with Crippen LogP contribution >= 0.6 is 0 Å². The number of nitrogens with zero attached hydrogens (tertiary/aromatic N) is 2. The van der Waals surface area contributed by atoms with Gasteiger partial charge in [0.1, 0.15) is 0 Å². The molecule has 12 rings (SSSR count). The van der Waals surface area contributed by atoms with Gasteiger partial charge in [0.15, 0.2) is 0 Å². The van der Waals surface area contributed by atoms with Crippen molar-refractivity contribution in [3.8, 4) is 33.4 Å². The third-order valence-corrected chi connectivity index (χ3v) is 17.1. The number of anilines is 6. The lowest BCUT2D eigenvalue weighted by Gasteiger charge is -2.32. The normalized spacial score (nSPS) is 15.0. The number of fused-ring (bicyclic) bond motifs is 11. The van der Waals surface area contributed by atoms with Crippen LogP contribution in [0.25, 0.3) is 44.2 Å². The fraction of sp³-hybridized carbons (Fsp3) is 0.246. The third kappa shape index (κ3) is 6.52. The lowest BCUT2D eigenvalue weighted by Crippen LogP contribution is -2.18. The molecule has 71 heavy (non-hydrogen) atoms. The van der Waals surface area contributed by atoms with Crippen molar-refractivity contribution >= 4 is 44.9 Å². The minimum absolute atomic E-state index is 0.199. The number of aryl methyl sites for hydroxylation is 8. The first-order valence-electron chi connectivity index (χ1n) is 25.7. The van der Waals surface area contributed by atoms with Crippen molar-refractivity contribution in [1.29, 1.82) is 0 Å². The highest BCUT2D eigenvalue weighted by atomic mass is 15.2. The number of hydrogen-bond acceptors (Lipinski definition) is 2. The lowest BCUT2D eigenvalue weighted by molar-refractivity contribution is 0.649. The summed E-state index contributed by atoms with van der Waals surface area (Å²) < 4.78 is 0. The topological polar surface area (TPSA) is 6.48 Å². The van der Waals surface area contributed by atoms with Gasteiger partial charge in [-0.2, -0.15) is 0 Å². The highest BCUT2D eigenvalue weighted by molar-refractivity contribution is 6.11. The Kier molecular flexibility index (Phi) is 9.77. The van der Waals surface area contributed by atoms with E-state index in [4.69, 9.17) is 0 Å². The Balaban J connectivity index is 1.00. The van der Waals surface area contributed by atoms with Gasteiger partial charge in [-0.25, -0.2) is 0 Å². The average molecular weight is 923 g/mol. The van der Waals surface area contributed by atoms with Gasteiger partial charge in [0.25, 0.3) is 0 Å². The molecule has 0 bridgehead atoms. The molecule has 0 saturated heterocycles. The van der Waals surface area contributed by atoms with Crippen molar-refractivity contribution in [2.75, 3.05) is 9.80 Å². The molecular weight excluding hydrogens is 857 g/mol. The summed E-state index contributed by atoms with van der Waals surface area (Å²) in [6.07, 6.45) is 0. The van der Waals surface area contributed by atoms with Crippen LogP contribution < -0.4 is 9.80 Å². The predicted molar refractivity (Wildman–Crippen MR) is 304 cm³/mol. The molecule has 0 aliphatic heterocycles. The van der Waals surface area contributed by atoms with Crippen LogP contribution in [0, 0.1) is 55.4 Å². The summed E-state index contributed by atoms with van der Waals surface area (Å²) in [7, 11) is 0. The third-order valence-electron chi connectivity index (χ3n) is 17.1. The van der Waals surface area contributed by atoms with Crippen molar-refractivity contribution in [3.63, 3.8) is 0 Å². The van der Waals surface area contributed by atoms with Gasteiger partial charge in [-0.05, 0) is 217 Å². The van der Waals surface area contributed by atoms with Crippen molar-refractivity contribution in [2.24, 2.45) is 0 Å². The van der Waals surface area contributed by atoms with E-state index in [2.05, 4.69) is 252 Å². The second-order valence-electron chi connectivity index (χ2n) is 23.2. The van der Waals surface area contributed by atoms with E-state index in [1.165, 1.54) is 156 Å². The second kappa shape index (κ2) is 15.4. The molecule has 0 fully saturated rings. The molecule has 2 heteroatoms. The first kappa shape index (κ1) is 45.0. The van der Waals surface area contributed by atoms with E-state index >= 15 is 0 Å². The van der Waals surface area contributed by atoms with Crippen molar-refractivity contribution < 1.29 is 0 Å². The van der Waals surface area contributed by atoms with E-state index in [0.717, 1.165) is 0 Å². The molecule has 0 spiro atoms. The van der Waals surface area contributed by atoms with Crippen LogP contribution in [-0.2, 0) is 16.2 Å². The highest BCUT2D eigenvalue weighted by Crippen LogP contribution is 2.61. The van der Waals surface area contributed by atoms with Gasteiger partial charge in [0.05, 0.1) is 5.69 Å². The summed E-state index contributed by atoms with van der Waals surface area (Å²) in [6, 6.07) is 56.8. The zero-order valence-electron chi connectivity index (χ0n) is 44.3. The maximum Gasteiger partial charge on any atom is 0.0543 e. The molecule has 2 nitrogen and oxygen atoms in total. The molecule has 9 aromatic rings. The number of hydrogen-bond donors (Lipinski definition) is 0. The van der Waals surface area contributed by atoms with Crippen LogP contribution in [-0.4, -0.2) is 0 Å². The van der Waals surface area contributed by atoms with Gasteiger partial charge < -0.3 is 9.80 Å². The zero-order chi connectivity index (χ0) is 49.8. The van der Waals surface area contributed by atoms with Crippen LogP contribution in [0.3, 0.4) is 0 Å². The summed E-state index contributed by atoms with van der Waals surface area (Å²) in [5, 5.41) is 2.58. The van der Waals surface area contributed by atoms with Gasteiger partial charge in [-0.3, -0.25) is 0 Å². The Morgan fingerprint density at radius 2 is 0.648 bits per heavy atom. The Labute approximate surface area is 422 Å². The molecule has 0 amide bonds. The van der Waals surface area contributed by atoms with Crippen LogP contribution in [0.15, 0.2) is 146 Å². The van der Waals surface area contributed by atoms with Gasteiger partial charge in [-0.15, -0.1) is 0 Å². The van der Waals surface area contributed by atoms with Gasteiger partial charge in [0.2, 0.25) is 0 Å². The summed E-state index contributed by atoms with van der Waals surface area (Å²) in [5.41, 5.74) is 33.5. The Bertz CT molecular complexity index is 3680. The molecule has 352 valence electrons. The first-order chi connectivity index (χ1) is 33.7. The summed E-state index contributed by atoms with van der Waals surface area (Å²) in [6.45, 7) is 32.5. The van der Waals surface area contributed by atoms with E-state index < -0.39 is 0 Å². The fourth-order valence-electron chi connectivity index (χ4n) is 13.3. The molecule has 3 aliphatic carbocycles. The van der Waals surface area contributed by atoms with Gasteiger partial charge in [0, 0.05) is 50.1 Å². The van der Waals surface area contributed by atoms with E-state index in [-0.39, 0.29) is 16.2 Å². The Morgan fingerprint density at radius 3 is 1.10 bits per heavy atom. The molecule has 0 heterocycles. The molecule has 0 atom stereocenters. The van der Waals surface area contributed by atoms with Crippen LogP contribution in [0.1, 0.15) is 119 Å². The lowest BCUT2D eigenvalue weighted by atomic mass is 9.78. The van der Waals surface area contributed by atoms with E-state index in [1.54, 1.807) is 0 Å². The second-order valence-corrected chi connectivity index (χ2v) is 23.2. The molecule has 0 N–H and O–H groups in total. The van der Waals surface area contributed by atoms with E-state index in [1.807, 2.05) is 0 Å². The quantitative estimate of drug-likeness (QED) is 0.164. The predicted octanol–water partition coefficient (Wildman–Crippen LogP) is 19.2. The minimum atomic E-state index is -0.248. The highest BCUT2D eigenvalue weighted by Gasteiger charge is 2.45. The first-order valence-corrected chi connectivity index (χ1v) is 25.7. The van der Waals surface area contributed by atoms with Crippen LogP contribution in [0.2, 0.25) is 0 Å². The largest absolute Gasteiger partial charge is 0.310 e. The standard InChI is InChI=1S/C69H66N2/c1-39-19-25-61(43(5)29-39)70(62-26-20-40(2)30-44(62)6)47-23-24-48-51-34-57-52(35-56(51)67(9,10)55(48)33-47)53-36-59-54(37-58(53)68(57,11)12)66-50-18-16-15-17-49(50)65(38-60(66)69(59,13)14)71(63-27-21-41(3)31-45(63)7)64-28-22-42(4)32-46(64)8/h15-38H,1-14H3.